The zero-order valence-electron chi connectivity index (χ0n) is 10.0. The largest absolute Gasteiger partial charge is 0.383 e. The summed E-state index contributed by atoms with van der Waals surface area (Å²) >= 11 is 9.29. The minimum Gasteiger partial charge on any atom is -0.383 e. The van der Waals surface area contributed by atoms with Gasteiger partial charge in [-0.15, -0.1) is 0 Å². The first-order valence-corrected chi connectivity index (χ1v) is 7.34. The quantitative estimate of drug-likeness (QED) is 0.793. The molecule has 0 aromatic heterocycles. The maximum atomic E-state index is 13.0. The Kier molecular flexibility index (Phi) is 5.27. The Balaban J connectivity index is 1.79. The van der Waals surface area contributed by atoms with Gasteiger partial charge in [0, 0.05) is 17.6 Å². The van der Waals surface area contributed by atoms with Gasteiger partial charge in [0.15, 0.2) is 0 Å². The average molecular weight is 337 g/mol. The standard InChI is InChI=1S/C13H16BrClFNO/c14-11-7-9(16)8-12(15)13(11)17-5-1-3-10-4-2-6-18-10/h7-8,10,17H,1-6H2. The highest BCUT2D eigenvalue weighted by Crippen LogP contribution is 2.31. The van der Waals surface area contributed by atoms with Crippen LogP contribution in [0.15, 0.2) is 16.6 Å². The van der Waals surface area contributed by atoms with E-state index >= 15 is 0 Å². The fourth-order valence-corrected chi connectivity index (χ4v) is 3.09. The second kappa shape index (κ2) is 6.73. The van der Waals surface area contributed by atoms with E-state index in [0.717, 1.165) is 31.7 Å². The van der Waals surface area contributed by atoms with Gasteiger partial charge in [0.2, 0.25) is 0 Å². The number of benzene rings is 1. The van der Waals surface area contributed by atoms with Crippen LogP contribution in [0, 0.1) is 5.82 Å². The van der Waals surface area contributed by atoms with Crippen LogP contribution in [-0.4, -0.2) is 19.3 Å². The van der Waals surface area contributed by atoms with Crippen molar-refractivity contribution in [2.75, 3.05) is 18.5 Å². The summed E-state index contributed by atoms with van der Waals surface area (Å²) in [6, 6.07) is 2.73. The van der Waals surface area contributed by atoms with Crippen LogP contribution in [0.4, 0.5) is 10.1 Å². The number of halogens is 3. The van der Waals surface area contributed by atoms with Crippen molar-refractivity contribution in [3.63, 3.8) is 0 Å². The molecule has 1 aromatic carbocycles. The highest BCUT2D eigenvalue weighted by atomic mass is 79.9. The molecule has 0 spiro atoms. The van der Waals surface area contributed by atoms with Crippen LogP contribution in [-0.2, 0) is 4.74 Å². The number of hydrogen-bond acceptors (Lipinski definition) is 2. The van der Waals surface area contributed by atoms with Gasteiger partial charge in [-0.1, -0.05) is 11.6 Å². The van der Waals surface area contributed by atoms with Gasteiger partial charge in [-0.25, -0.2) is 4.39 Å². The van der Waals surface area contributed by atoms with E-state index in [9.17, 15) is 4.39 Å². The van der Waals surface area contributed by atoms with E-state index in [1.165, 1.54) is 25.0 Å². The van der Waals surface area contributed by atoms with Gasteiger partial charge in [0.25, 0.3) is 0 Å². The van der Waals surface area contributed by atoms with Crippen LogP contribution < -0.4 is 5.32 Å². The molecular formula is C13H16BrClFNO. The molecule has 1 N–H and O–H groups in total. The van der Waals surface area contributed by atoms with Crippen LogP contribution in [0.5, 0.6) is 0 Å². The predicted molar refractivity (Wildman–Crippen MR) is 75.8 cm³/mol. The second-order valence-electron chi connectivity index (χ2n) is 4.45. The Morgan fingerprint density at radius 1 is 1.50 bits per heavy atom. The number of hydrogen-bond donors (Lipinski definition) is 1. The summed E-state index contributed by atoms with van der Waals surface area (Å²) < 4.78 is 19.3. The first kappa shape index (κ1) is 14.1. The van der Waals surface area contributed by atoms with Crippen LogP contribution in [0.2, 0.25) is 5.02 Å². The Bertz CT molecular complexity index is 387. The lowest BCUT2D eigenvalue weighted by Gasteiger charge is -2.12. The van der Waals surface area contributed by atoms with Crippen LogP contribution in [0.3, 0.4) is 0 Å². The van der Waals surface area contributed by atoms with E-state index in [1.54, 1.807) is 0 Å². The van der Waals surface area contributed by atoms with E-state index < -0.39 is 0 Å². The van der Waals surface area contributed by atoms with Gasteiger partial charge in [-0.05, 0) is 53.7 Å². The van der Waals surface area contributed by atoms with Crippen molar-refractivity contribution < 1.29 is 9.13 Å². The number of anilines is 1. The summed E-state index contributed by atoms with van der Waals surface area (Å²) in [7, 11) is 0. The maximum Gasteiger partial charge on any atom is 0.125 e. The lowest BCUT2D eigenvalue weighted by Crippen LogP contribution is -2.09. The summed E-state index contributed by atoms with van der Waals surface area (Å²) in [6.07, 6.45) is 4.83. The van der Waals surface area contributed by atoms with Crippen molar-refractivity contribution in [1.82, 2.24) is 0 Å². The smallest absolute Gasteiger partial charge is 0.125 e. The topological polar surface area (TPSA) is 21.3 Å². The molecule has 0 aliphatic carbocycles. The van der Waals surface area contributed by atoms with E-state index in [0.29, 0.717) is 15.6 Å². The lowest BCUT2D eigenvalue weighted by molar-refractivity contribution is 0.103. The van der Waals surface area contributed by atoms with Crippen molar-refractivity contribution in [3.05, 3.63) is 27.4 Å². The molecule has 0 bridgehead atoms. The van der Waals surface area contributed by atoms with Gasteiger partial charge < -0.3 is 10.1 Å². The molecule has 1 fully saturated rings. The molecule has 2 nitrogen and oxygen atoms in total. The minimum absolute atomic E-state index is 0.336. The van der Waals surface area contributed by atoms with E-state index in [2.05, 4.69) is 21.2 Å². The predicted octanol–water partition coefficient (Wildman–Crippen LogP) is 4.61. The molecule has 1 heterocycles. The van der Waals surface area contributed by atoms with Crippen molar-refractivity contribution >= 4 is 33.2 Å². The monoisotopic (exact) mass is 335 g/mol. The molecule has 18 heavy (non-hydrogen) atoms. The Morgan fingerprint density at radius 2 is 2.33 bits per heavy atom. The third-order valence-corrected chi connectivity index (χ3v) is 3.96. The minimum atomic E-state index is -0.336. The van der Waals surface area contributed by atoms with Gasteiger partial charge in [-0.2, -0.15) is 0 Å². The molecule has 1 saturated heterocycles. The molecule has 1 aliphatic heterocycles. The molecule has 2 rings (SSSR count). The zero-order chi connectivity index (χ0) is 13.0. The fraction of sp³-hybridized carbons (Fsp3) is 0.538. The summed E-state index contributed by atoms with van der Waals surface area (Å²) in [5.74, 6) is -0.336. The third-order valence-electron chi connectivity index (χ3n) is 3.04. The Morgan fingerprint density at radius 3 is 3.00 bits per heavy atom. The lowest BCUT2D eigenvalue weighted by atomic mass is 10.1. The van der Waals surface area contributed by atoms with Crippen LogP contribution in [0.1, 0.15) is 25.7 Å². The third kappa shape index (κ3) is 3.84. The highest BCUT2D eigenvalue weighted by molar-refractivity contribution is 9.10. The van der Waals surface area contributed by atoms with Crippen molar-refractivity contribution in [1.29, 1.82) is 0 Å². The van der Waals surface area contributed by atoms with Crippen LogP contribution >= 0.6 is 27.5 Å². The number of nitrogens with one attached hydrogen (secondary N) is 1. The van der Waals surface area contributed by atoms with E-state index in [4.69, 9.17) is 16.3 Å². The molecule has 0 radical (unpaired) electrons. The van der Waals surface area contributed by atoms with Gasteiger partial charge in [-0.3, -0.25) is 0 Å². The molecule has 1 aliphatic rings. The van der Waals surface area contributed by atoms with Crippen LogP contribution in [0.25, 0.3) is 0 Å². The SMILES string of the molecule is Fc1cc(Cl)c(NCCCC2CCCO2)c(Br)c1. The molecule has 1 unspecified atom stereocenters. The number of rotatable bonds is 5. The molecule has 1 aromatic rings. The first-order valence-electron chi connectivity index (χ1n) is 6.17. The number of ether oxygens (including phenoxy) is 1. The average Bonchev–Trinajstić information content (AvgIpc) is 2.79. The van der Waals surface area contributed by atoms with Gasteiger partial charge >= 0.3 is 0 Å². The molecule has 5 heteroatoms. The summed E-state index contributed by atoms with van der Waals surface area (Å²) in [4.78, 5) is 0. The maximum absolute atomic E-state index is 13.0. The first-order chi connectivity index (χ1) is 8.66. The molecule has 0 saturated carbocycles. The van der Waals surface area contributed by atoms with Gasteiger partial charge in [0.05, 0.1) is 16.8 Å². The Hall–Kier alpha value is -0.320. The normalized spacial score (nSPS) is 19.2. The Labute approximate surface area is 120 Å². The van der Waals surface area contributed by atoms with Crippen molar-refractivity contribution in [2.24, 2.45) is 0 Å². The summed E-state index contributed by atoms with van der Waals surface area (Å²) in [5.41, 5.74) is 0.755. The van der Waals surface area contributed by atoms with Crippen molar-refractivity contribution in [3.8, 4) is 0 Å². The van der Waals surface area contributed by atoms with E-state index in [1.807, 2.05) is 0 Å². The molecule has 1 atom stereocenters. The van der Waals surface area contributed by atoms with Crippen molar-refractivity contribution in [2.45, 2.75) is 31.8 Å². The van der Waals surface area contributed by atoms with E-state index in [-0.39, 0.29) is 5.82 Å². The molecule has 0 amide bonds. The summed E-state index contributed by atoms with van der Waals surface area (Å²) in [5, 5.41) is 3.63. The highest BCUT2D eigenvalue weighted by Gasteiger charge is 2.14. The second-order valence-corrected chi connectivity index (χ2v) is 5.71. The fourth-order valence-electron chi connectivity index (χ4n) is 2.13. The summed E-state index contributed by atoms with van der Waals surface area (Å²) in [6.45, 7) is 1.71. The molecular weight excluding hydrogens is 321 g/mol. The zero-order valence-corrected chi connectivity index (χ0v) is 12.4. The molecule has 100 valence electrons. The van der Waals surface area contributed by atoms with Gasteiger partial charge in [0.1, 0.15) is 5.82 Å².